The van der Waals surface area contributed by atoms with Crippen molar-refractivity contribution in [3.8, 4) is 0 Å². The predicted octanol–water partition coefficient (Wildman–Crippen LogP) is 3.41. The molecule has 2 heterocycles. The Kier molecular flexibility index (Phi) is 5.77. The lowest BCUT2D eigenvalue weighted by Gasteiger charge is -2.39. The van der Waals surface area contributed by atoms with Gasteiger partial charge in [0, 0.05) is 25.3 Å². The van der Waals surface area contributed by atoms with E-state index < -0.39 is 0 Å². The van der Waals surface area contributed by atoms with E-state index in [0.717, 1.165) is 37.4 Å². The number of hydrogen-bond donors (Lipinski definition) is 2. The zero-order valence-electron chi connectivity index (χ0n) is 15.3. The Morgan fingerprint density at radius 3 is 2.71 bits per heavy atom. The van der Waals surface area contributed by atoms with Crippen molar-refractivity contribution in [1.82, 2.24) is 10.9 Å². The monoisotopic (exact) mass is 336 g/mol. The third-order valence-corrected chi connectivity index (χ3v) is 7.07. The molecule has 6 unspecified atom stereocenters. The number of hydrogen-bond acceptors (Lipinski definition) is 4. The summed E-state index contributed by atoms with van der Waals surface area (Å²) in [6.07, 6.45) is 13.8. The molecule has 138 valence electrons. The minimum atomic E-state index is 0.330. The molecule has 24 heavy (non-hydrogen) atoms. The van der Waals surface area contributed by atoms with Crippen LogP contribution in [0.15, 0.2) is 0 Å². The Morgan fingerprint density at radius 2 is 1.75 bits per heavy atom. The maximum atomic E-state index is 6.39. The number of nitrogens with one attached hydrogen (secondary N) is 2. The predicted molar refractivity (Wildman–Crippen MR) is 95.6 cm³/mol. The highest BCUT2D eigenvalue weighted by Crippen LogP contribution is 2.41. The van der Waals surface area contributed by atoms with Crippen LogP contribution >= 0.6 is 0 Å². The SMILES string of the molecule is C[C@H]1CCOCCCC2CCCC(C2)C2NNC3CCC(CC32)O1. The maximum absolute atomic E-state index is 6.39. The molecule has 2 N–H and O–H groups in total. The zero-order valence-corrected chi connectivity index (χ0v) is 15.3. The largest absolute Gasteiger partial charge is 0.381 e. The van der Waals surface area contributed by atoms with Crippen molar-refractivity contribution in [2.24, 2.45) is 17.8 Å². The summed E-state index contributed by atoms with van der Waals surface area (Å²) in [5.74, 6) is 2.54. The van der Waals surface area contributed by atoms with Crippen LogP contribution in [-0.2, 0) is 9.47 Å². The highest BCUT2D eigenvalue weighted by molar-refractivity contribution is 4.99. The van der Waals surface area contributed by atoms with Crippen LogP contribution in [0.5, 0.6) is 0 Å². The molecule has 0 amide bonds. The maximum Gasteiger partial charge on any atom is 0.0583 e. The van der Waals surface area contributed by atoms with E-state index in [-0.39, 0.29) is 0 Å². The Bertz CT molecular complexity index is 405. The first kappa shape index (κ1) is 17.3. The van der Waals surface area contributed by atoms with E-state index in [4.69, 9.17) is 9.47 Å². The van der Waals surface area contributed by atoms with Crippen molar-refractivity contribution >= 4 is 0 Å². The first-order valence-electron chi connectivity index (χ1n) is 10.5. The first-order valence-corrected chi connectivity index (χ1v) is 10.5. The summed E-state index contributed by atoms with van der Waals surface area (Å²) in [5, 5.41) is 0. The van der Waals surface area contributed by atoms with Gasteiger partial charge < -0.3 is 9.47 Å². The highest BCUT2D eigenvalue weighted by Gasteiger charge is 2.44. The molecule has 4 fully saturated rings. The molecular weight excluding hydrogens is 300 g/mol. The minimum Gasteiger partial charge on any atom is -0.381 e. The van der Waals surface area contributed by atoms with Gasteiger partial charge in [0.15, 0.2) is 0 Å². The van der Waals surface area contributed by atoms with Crippen molar-refractivity contribution in [3.63, 3.8) is 0 Å². The fraction of sp³-hybridized carbons (Fsp3) is 1.00. The molecule has 0 aromatic carbocycles. The third-order valence-electron chi connectivity index (χ3n) is 7.07. The summed E-state index contributed by atoms with van der Waals surface area (Å²) in [5.41, 5.74) is 7.35. The Labute approximate surface area is 147 Å². The molecule has 2 aliphatic heterocycles. The number of ether oxygens (including phenoxy) is 2. The van der Waals surface area contributed by atoms with E-state index in [0.29, 0.717) is 24.3 Å². The second-order valence-corrected chi connectivity index (χ2v) is 8.80. The number of hydrazine groups is 1. The van der Waals surface area contributed by atoms with E-state index in [1.165, 1.54) is 57.8 Å². The molecule has 2 aliphatic carbocycles. The quantitative estimate of drug-likeness (QED) is 0.711. The first-order chi connectivity index (χ1) is 11.8. The van der Waals surface area contributed by atoms with Gasteiger partial charge in [-0.15, -0.1) is 0 Å². The summed E-state index contributed by atoms with van der Waals surface area (Å²) in [6, 6.07) is 1.34. The summed E-state index contributed by atoms with van der Waals surface area (Å²) in [4.78, 5) is 0. The van der Waals surface area contributed by atoms with E-state index in [2.05, 4.69) is 17.8 Å². The standard InChI is InChI=1S/C20H36N2O2/c1-14-9-11-23-10-3-5-15-4-2-6-16(12-15)20-18-13-17(24-14)7-8-19(18)21-22-20/h14-22H,2-13H2,1H3/t14-,15?,16?,17?,18?,19?,20?/m0/s1. The van der Waals surface area contributed by atoms with Gasteiger partial charge >= 0.3 is 0 Å². The Morgan fingerprint density at radius 1 is 0.833 bits per heavy atom. The van der Waals surface area contributed by atoms with Crippen LogP contribution in [0.1, 0.15) is 71.1 Å². The molecule has 4 rings (SSSR count). The lowest BCUT2D eigenvalue weighted by molar-refractivity contribution is -0.0488. The van der Waals surface area contributed by atoms with Gasteiger partial charge in [-0.05, 0) is 76.0 Å². The van der Waals surface area contributed by atoms with Gasteiger partial charge in [-0.3, -0.25) is 10.9 Å². The summed E-state index contributed by atoms with van der Waals surface area (Å²) in [6.45, 7) is 4.02. The van der Waals surface area contributed by atoms with Crippen molar-refractivity contribution in [2.75, 3.05) is 13.2 Å². The molecule has 4 bridgehead atoms. The zero-order chi connectivity index (χ0) is 16.4. The molecule has 2 saturated carbocycles. The lowest BCUT2D eigenvalue weighted by Crippen LogP contribution is -2.42. The molecule has 0 radical (unpaired) electrons. The van der Waals surface area contributed by atoms with Crippen LogP contribution in [-0.4, -0.2) is 37.5 Å². The topological polar surface area (TPSA) is 42.5 Å². The molecule has 4 heteroatoms. The molecule has 0 spiro atoms. The summed E-state index contributed by atoms with van der Waals surface area (Å²) < 4.78 is 12.3. The second-order valence-electron chi connectivity index (χ2n) is 8.80. The van der Waals surface area contributed by atoms with Crippen LogP contribution < -0.4 is 10.9 Å². The van der Waals surface area contributed by atoms with Crippen LogP contribution in [0.2, 0.25) is 0 Å². The van der Waals surface area contributed by atoms with Gasteiger partial charge in [0.25, 0.3) is 0 Å². The number of rotatable bonds is 0. The van der Waals surface area contributed by atoms with Crippen LogP contribution in [0.25, 0.3) is 0 Å². The van der Waals surface area contributed by atoms with E-state index in [1.54, 1.807) is 0 Å². The van der Waals surface area contributed by atoms with Gasteiger partial charge in [0.1, 0.15) is 0 Å². The van der Waals surface area contributed by atoms with Crippen molar-refractivity contribution in [2.45, 2.75) is 95.4 Å². The minimum absolute atomic E-state index is 0.330. The molecule has 4 aliphatic rings. The van der Waals surface area contributed by atoms with Gasteiger partial charge in [0.05, 0.1) is 12.2 Å². The van der Waals surface area contributed by atoms with Gasteiger partial charge in [-0.2, -0.15) is 0 Å². The fourth-order valence-electron chi connectivity index (χ4n) is 5.79. The van der Waals surface area contributed by atoms with E-state index >= 15 is 0 Å². The smallest absolute Gasteiger partial charge is 0.0583 e. The molecule has 0 aromatic rings. The number of fused-ring (bicyclic) bond motifs is 4. The van der Waals surface area contributed by atoms with Crippen LogP contribution in [0.3, 0.4) is 0 Å². The normalized spacial score (nSPS) is 47.6. The molecule has 7 atom stereocenters. The summed E-state index contributed by atoms with van der Waals surface area (Å²) >= 11 is 0. The van der Waals surface area contributed by atoms with Crippen molar-refractivity contribution in [3.05, 3.63) is 0 Å². The average molecular weight is 337 g/mol. The van der Waals surface area contributed by atoms with Crippen LogP contribution in [0.4, 0.5) is 0 Å². The molecule has 2 saturated heterocycles. The van der Waals surface area contributed by atoms with E-state index in [9.17, 15) is 0 Å². The third kappa shape index (κ3) is 3.98. The fourth-order valence-corrected chi connectivity index (χ4v) is 5.79. The summed E-state index contributed by atoms with van der Waals surface area (Å²) in [7, 11) is 0. The molecule has 0 aromatic heterocycles. The lowest BCUT2D eigenvalue weighted by atomic mass is 9.70. The van der Waals surface area contributed by atoms with Crippen LogP contribution in [0, 0.1) is 17.8 Å². The molecular formula is C20H36N2O2. The van der Waals surface area contributed by atoms with Gasteiger partial charge in [-0.1, -0.05) is 12.8 Å². The molecule has 4 nitrogen and oxygen atoms in total. The van der Waals surface area contributed by atoms with Gasteiger partial charge in [-0.25, -0.2) is 0 Å². The Hall–Kier alpha value is -0.160. The highest BCUT2D eigenvalue weighted by atomic mass is 16.5. The average Bonchev–Trinajstić information content (AvgIpc) is 3.01. The van der Waals surface area contributed by atoms with Crippen molar-refractivity contribution in [1.29, 1.82) is 0 Å². The second kappa shape index (κ2) is 8.03. The Balaban J connectivity index is 1.46. The van der Waals surface area contributed by atoms with Gasteiger partial charge in [0.2, 0.25) is 0 Å². The van der Waals surface area contributed by atoms with Crippen molar-refractivity contribution < 1.29 is 9.47 Å². The van der Waals surface area contributed by atoms with E-state index in [1.807, 2.05) is 0 Å².